The smallest absolute Gasteiger partial charge is 0.123 e. The molecule has 0 saturated heterocycles. The monoisotopic (exact) mass is 292 g/mol. The van der Waals surface area contributed by atoms with Crippen LogP contribution in [0.15, 0.2) is 35.7 Å². The van der Waals surface area contributed by atoms with E-state index < -0.39 is 0 Å². The zero-order valence-electron chi connectivity index (χ0n) is 12.0. The average Bonchev–Trinajstić information content (AvgIpc) is 2.80. The van der Waals surface area contributed by atoms with E-state index in [-0.39, 0.29) is 5.82 Å². The van der Waals surface area contributed by atoms with Crippen molar-refractivity contribution in [1.82, 2.24) is 10.2 Å². The van der Waals surface area contributed by atoms with Crippen molar-refractivity contribution in [3.63, 3.8) is 0 Å². The fourth-order valence-corrected chi connectivity index (χ4v) is 2.96. The average molecular weight is 292 g/mol. The summed E-state index contributed by atoms with van der Waals surface area (Å²) in [4.78, 5) is 3.60. The minimum absolute atomic E-state index is 0.165. The lowest BCUT2D eigenvalue weighted by atomic mass is 10.2. The molecule has 20 heavy (non-hydrogen) atoms. The van der Waals surface area contributed by atoms with Gasteiger partial charge in [0.25, 0.3) is 0 Å². The zero-order valence-corrected chi connectivity index (χ0v) is 12.8. The van der Waals surface area contributed by atoms with Gasteiger partial charge in [-0.3, -0.25) is 0 Å². The van der Waals surface area contributed by atoms with Crippen LogP contribution in [0.4, 0.5) is 4.39 Å². The van der Waals surface area contributed by atoms with E-state index in [1.807, 2.05) is 6.07 Å². The van der Waals surface area contributed by atoms with Crippen LogP contribution in [-0.2, 0) is 13.1 Å². The van der Waals surface area contributed by atoms with Gasteiger partial charge in [-0.15, -0.1) is 11.3 Å². The molecule has 0 aliphatic rings. The number of thiophene rings is 1. The Hall–Kier alpha value is -1.23. The lowest BCUT2D eigenvalue weighted by molar-refractivity contribution is 0.324. The van der Waals surface area contributed by atoms with Crippen LogP contribution >= 0.6 is 11.3 Å². The Kier molecular flexibility index (Phi) is 5.71. The van der Waals surface area contributed by atoms with E-state index in [0.29, 0.717) is 0 Å². The normalized spacial score (nSPS) is 11.2. The van der Waals surface area contributed by atoms with Gasteiger partial charge in [-0.25, -0.2) is 4.39 Å². The Morgan fingerprint density at radius 3 is 2.85 bits per heavy atom. The molecule has 1 aromatic heterocycles. The summed E-state index contributed by atoms with van der Waals surface area (Å²) >= 11 is 1.79. The molecule has 0 saturated carbocycles. The maximum atomic E-state index is 13.1. The second kappa shape index (κ2) is 7.53. The van der Waals surface area contributed by atoms with Gasteiger partial charge < -0.3 is 10.2 Å². The van der Waals surface area contributed by atoms with Crippen molar-refractivity contribution in [1.29, 1.82) is 0 Å². The van der Waals surface area contributed by atoms with Crippen molar-refractivity contribution in [2.75, 3.05) is 20.1 Å². The number of halogens is 1. The van der Waals surface area contributed by atoms with Gasteiger partial charge in [0.15, 0.2) is 0 Å². The lowest BCUT2D eigenvalue weighted by Gasteiger charge is -2.17. The number of aryl methyl sites for hydroxylation is 1. The molecule has 0 amide bonds. The van der Waals surface area contributed by atoms with Crippen molar-refractivity contribution in [3.8, 4) is 0 Å². The predicted octanol–water partition coefficient (Wildman–Crippen LogP) is 3.42. The topological polar surface area (TPSA) is 15.3 Å². The van der Waals surface area contributed by atoms with Crippen LogP contribution in [0.3, 0.4) is 0 Å². The summed E-state index contributed by atoms with van der Waals surface area (Å²) in [5.41, 5.74) is 2.37. The molecule has 1 aromatic carbocycles. The summed E-state index contributed by atoms with van der Waals surface area (Å²) in [7, 11) is 2.06. The van der Waals surface area contributed by atoms with Crippen LogP contribution in [0.5, 0.6) is 0 Å². The number of nitrogens with zero attached hydrogens (tertiary/aromatic N) is 1. The Morgan fingerprint density at radius 2 is 2.15 bits per heavy atom. The SMILES string of the molecule is Cc1ccsc1CNCCN(C)Cc1cccc(F)c1. The van der Waals surface area contributed by atoms with E-state index in [1.165, 1.54) is 16.5 Å². The van der Waals surface area contributed by atoms with E-state index >= 15 is 0 Å². The molecule has 1 heterocycles. The highest BCUT2D eigenvalue weighted by Crippen LogP contribution is 2.14. The van der Waals surface area contributed by atoms with Crippen molar-refractivity contribution in [2.24, 2.45) is 0 Å². The first-order chi connectivity index (χ1) is 9.65. The highest BCUT2D eigenvalue weighted by molar-refractivity contribution is 7.10. The zero-order chi connectivity index (χ0) is 14.4. The quantitative estimate of drug-likeness (QED) is 0.787. The molecule has 4 heteroatoms. The van der Waals surface area contributed by atoms with Gasteiger partial charge in [0.2, 0.25) is 0 Å². The molecule has 1 N–H and O–H groups in total. The first-order valence-corrected chi connectivity index (χ1v) is 7.70. The maximum absolute atomic E-state index is 13.1. The predicted molar refractivity (Wildman–Crippen MR) is 83.5 cm³/mol. The highest BCUT2D eigenvalue weighted by Gasteiger charge is 2.02. The van der Waals surface area contributed by atoms with E-state index in [2.05, 4.69) is 35.6 Å². The first-order valence-electron chi connectivity index (χ1n) is 6.82. The van der Waals surface area contributed by atoms with Gasteiger partial charge in [0.05, 0.1) is 0 Å². The Morgan fingerprint density at radius 1 is 1.30 bits per heavy atom. The van der Waals surface area contributed by atoms with Crippen molar-refractivity contribution in [2.45, 2.75) is 20.0 Å². The minimum atomic E-state index is -0.165. The third-order valence-corrected chi connectivity index (χ3v) is 4.29. The summed E-state index contributed by atoms with van der Waals surface area (Å²) in [6, 6.07) is 8.95. The van der Waals surface area contributed by atoms with Crippen LogP contribution in [0.2, 0.25) is 0 Å². The second-order valence-electron chi connectivity index (χ2n) is 5.07. The number of nitrogens with one attached hydrogen (secondary N) is 1. The highest BCUT2D eigenvalue weighted by atomic mass is 32.1. The molecule has 0 spiro atoms. The molecule has 0 aliphatic heterocycles. The number of likely N-dealkylation sites (N-methyl/N-ethyl adjacent to an activating group) is 1. The van der Waals surface area contributed by atoms with Gasteiger partial charge in [-0.1, -0.05) is 12.1 Å². The fourth-order valence-electron chi connectivity index (χ4n) is 2.08. The van der Waals surface area contributed by atoms with E-state index in [9.17, 15) is 4.39 Å². The Bertz CT molecular complexity index is 539. The van der Waals surface area contributed by atoms with Gasteiger partial charge in [-0.2, -0.15) is 0 Å². The number of hydrogen-bond acceptors (Lipinski definition) is 3. The van der Waals surface area contributed by atoms with Gasteiger partial charge in [0, 0.05) is 31.1 Å². The van der Waals surface area contributed by atoms with Crippen molar-refractivity contribution in [3.05, 3.63) is 57.5 Å². The number of hydrogen-bond donors (Lipinski definition) is 1. The maximum Gasteiger partial charge on any atom is 0.123 e. The van der Waals surface area contributed by atoms with Crippen LogP contribution in [0, 0.1) is 12.7 Å². The summed E-state index contributed by atoms with van der Waals surface area (Å²) in [5.74, 6) is -0.165. The van der Waals surface area contributed by atoms with Gasteiger partial charge in [0.1, 0.15) is 5.82 Å². The summed E-state index contributed by atoms with van der Waals surface area (Å²) in [5, 5.41) is 5.58. The molecule has 0 radical (unpaired) electrons. The van der Waals surface area contributed by atoms with Gasteiger partial charge >= 0.3 is 0 Å². The second-order valence-corrected chi connectivity index (χ2v) is 6.07. The third-order valence-electron chi connectivity index (χ3n) is 3.27. The molecule has 2 nitrogen and oxygen atoms in total. The molecular formula is C16H21FN2S. The summed E-state index contributed by atoms with van der Waals surface area (Å²) < 4.78 is 13.1. The molecule has 2 aromatic rings. The van der Waals surface area contributed by atoms with Crippen LogP contribution in [-0.4, -0.2) is 25.0 Å². The molecule has 0 bridgehead atoms. The standard InChI is InChI=1S/C16H21FN2S/c1-13-6-9-20-16(13)11-18-7-8-19(2)12-14-4-3-5-15(17)10-14/h3-6,9-10,18H,7-8,11-12H2,1-2H3. The van der Waals surface area contributed by atoms with Crippen LogP contribution < -0.4 is 5.32 Å². The fraction of sp³-hybridized carbons (Fsp3) is 0.375. The van der Waals surface area contributed by atoms with Crippen LogP contribution in [0.1, 0.15) is 16.0 Å². The van der Waals surface area contributed by atoms with Crippen molar-refractivity contribution < 1.29 is 4.39 Å². The summed E-state index contributed by atoms with van der Waals surface area (Å²) in [6.07, 6.45) is 0. The first kappa shape index (κ1) is 15.2. The molecule has 0 atom stereocenters. The largest absolute Gasteiger partial charge is 0.311 e. The molecule has 108 valence electrons. The molecule has 0 aliphatic carbocycles. The summed E-state index contributed by atoms with van der Waals surface area (Å²) in [6.45, 7) is 5.72. The molecule has 0 fully saturated rings. The lowest BCUT2D eigenvalue weighted by Crippen LogP contribution is -2.28. The van der Waals surface area contributed by atoms with Crippen molar-refractivity contribution >= 4 is 11.3 Å². The molecule has 2 rings (SSSR count). The number of rotatable bonds is 7. The third kappa shape index (κ3) is 4.71. The molecule has 0 unspecified atom stereocenters. The Balaban J connectivity index is 1.68. The van der Waals surface area contributed by atoms with Gasteiger partial charge in [-0.05, 0) is 48.7 Å². The Labute approximate surface area is 124 Å². The van der Waals surface area contributed by atoms with Crippen LogP contribution in [0.25, 0.3) is 0 Å². The molecular weight excluding hydrogens is 271 g/mol. The van der Waals surface area contributed by atoms with E-state index in [4.69, 9.17) is 0 Å². The number of benzene rings is 1. The van der Waals surface area contributed by atoms with E-state index in [1.54, 1.807) is 23.5 Å². The van der Waals surface area contributed by atoms with E-state index in [0.717, 1.165) is 31.7 Å². The minimum Gasteiger partial charge on any atom is -0.311 e.